The molecule has 5 heteroatoms. The molecule has 0 atom stereocenters. The number of amides is 1. The molecule has 0 radical (unpaired) electrons. The van der Waals surface area contributed by atoms with Crippen molar-refractivity contribution in [3.63, 3.8) is 0 Å². The zero-order valence-electron chi connectivity index (χ0n) is 8.37. The summed E-state index contributed by atoms with van der Waals surface area (Å²) in [5.41, 5.74) is -0.686. The normalized spacial score (nSPS) is 8.88. The minimum absolute atomic E-state index is 0.111. The Morgan fingerprint density at radius 2 is 2.12 bits per heavy atom. The number of benzene rings is 1. The lowest BCUT2D eigenvalue weighted by atomic mass is 10.1. The fraction of sp³-hybridized carbons (Fsp3) is 0.0909. The van der Waals surface area contributed by atoms with Crippen LogP contribution in [0.4, 0.5) is 10.1 Å². The van der Waals surface area contributed by atoms with Gasteiger partial charge >= 0.3 is 5.97 Å². The van der Waals surface area contributed by atoms with Gasteiger partial charge in [0.05, 0.1) is 5.69 Å². The van der Waals surface area contributed by atoms with E-state index in [4.69, 9.17) is 5.11 Å². The topological polar surface area (TPSA) is 66.4 Å². The van der Waals surface area contributed by atoms with E-state index >= 15 is 0 Å². The Bertz CT molecular complexity index is 500. The summed E-state index contributed by atoms with van der Waals surface area (Å²) in [6.07, 6.45) is 0. The first-order chi connectivity index (χ1) is 7.56. The number of hydrogen-bond donors (Lipinski definition) is 2. The SMILES string of the molecule is CC#CC(=O)Nc1cccc(F)c1C(=O)O. The van der Waals surface area contributed by atoms with Gasteiger partial charge in [-0.2, -0.15) is 0 Å². The van der Waals surface area contributed by atoms with Gasteiger partial charge < -0.3 is 10.4 Å². The Kier molecular flexibility index (Phi) is 3.62. The lowest BCUT2D eigenvalue weighted by Gasteiger charge is -2.06. The van der Waals surface area contributed by atoms with Gasteiger partial charge in [-0.25, -0.2) is 9.18 Å². The average molecular weight is 221 g/mol. The summed E-state index contributed by atoms with van der Waals surface area (Å²) < 4.78 is 13.2. The number of carbonyl (C=O) groups excluding carboxylic acids is 1. The van der Waals surface area contributed by atoms with Gasteiger partial charge in [0.25, 0.3) is 5.91 Å². The Balaban J connectivity index is 3.12. The van der Waals surface area contributed by atoms with E-state index < -0.39 is 23.3 Å². The van der Waals surface area contributed by atoms with Gasteiger partial charge in [-0.3, -0.25) is 4.79 Å². The predicted octanol–water partition coefficient (Wildman–Crippen LogP) is 1.49. The van der Waals surface area contributed by atoms with Crippen molar-refractivity contribution in [2.24, 2.45) is 0 Å². The van der Waals surface area contributed by atoms with Gasteiger partial charge in [-0.05, 0) is 25.0 Å². The highest BCUT2D eigenvalue weighted by atomic mass is 19.1. The summed E-state index contributed by atoms with van der Waals surface area (Å²) in [5, 5.41) is 11.0. The Morgan fingerprint density at radius 1 is 1.44 bits per heavy atom. The summed E-state index contributed by atoms with van der Waals surface area (Å²) >= 11 is 0. The average Bonchev–Trinajstić information content (AvgIpc) is 2.17. The second-order valence-electron chi connectivity index (χ2n) is 2.80. The van der Waals surface area contributed by atoms with Crippen molar-refractivity contribution in [2.75, 3.05) is 5.32 Å². The van der Waals surface area contributed by atoms with Gasteiger partial charge in [0, 0.05) is 0 Å². The van der Waals surface area contributed by atoms with Gasteiger partial charge in [-0.15, -0.1) is 0 Å². The van der Waals surface area contributed by atoms with Crippen molar-refractivity contribution < 1.29 is 19.1 Å². The molecule has 0 spiro atoms. The van der Waals surface area contributed by atoms with Crippen LogP contribution in [0, 0.1) is 17.7 Å². The third-order valence-electron chi connectivity index (χ3n) is 1.71. The van der Waals surface area contributed by atoms with E-state index in [-0.39, 0.29) is 5.69 Å². The van der Waals surface area contributed by atoms with Crippen LogP contribution in [0.5, 0.6) is 0 Å². The highest BCUT2D eigenvalue weighted by Crippen LogP contribution is 2.18. The van der Waals surface area contributed by atoms with Crippen LogP contribution in [0.25, 0.3) is 0 Å². The van der Waals surface area contributed by atoms with Crippen LogP contribution >= 0.6 is 0 Å². The summed E-state index contributed by atoms with van der Waals surface area (Å²) in [4.78, 5) is 21.9. The molecule has 82 valence electrons. The standard InChI is InChI=1S/C11H8FNO3/c1-2-4-9(14)13-8-6-3-5-7(12)10(8)11(15)16/h3,5-6H,1H3,(H,13,14)(H,15,16). The molecule has 0 bridgehead atoms. The highest BCUT2D eigenvalue weighted by Gasteiger charge is 2.16. The van der Waals surface area contributed by atoms with Crippen LogP contribution in [0.1, 0.15) is 17.3 Å². The Hall–Kier alpha value is -2.35. The summed E-state index contributed by atoms with van der Waals surface area (Å²) in [7, 11) is 0. The van der Waals surface area contributed by atoms with Crippen molar-refractivity contribution >= 4 is 17.6 Å². The number of carbonyl (C=O) groups is 2. The van der Waals surface area contributed by atoms with Crippen molar-refractivity contribution in [2.45, 2.75) is 6.92 Å². The van der Waals surface area contributed by atoms with Gasteiger partial charge in [0.1, 0.15) is 11.4 Å². The molecule has 1 amide bonds. The predicted molar refractivity (Wildman–Crippen MR) is 55.4 cm³/mol. The van der Waals surface area contributed by atoms with E-state index in [9.17, 15) is 14.0 Å². The monoisotopic (exact) mass is 221 g/mol. The molecule has 0 saturated carbocycles. The molecule has 0 aliphatic carbocycles. The van der Waals surface area contributed by atoms with Gasteiger partial charge in [0.2, 0.25) is 0 Å². The number of nitrogens with one attached hydrogen (secondary N) is 1. The van der Waals surface area contributed by atoms with Crippen LogP contribution in [0.2, 0.25) is 0 Å². The highest BCUT2D eigenvalue weighted by molar-refractivity contribution is 6.07. The lowest BCUT2D eigenvalue weighted by molar-refractivity contribution is -0.111. The molecule has 0 aliphatic heterocycles. The van der Waals surface area contributed by atoms with E-state index in [0.29, 0.717) is 0 Å². The lowest BCUT2D eigenvalue weighted by Crippen LogP contribution is -2.13. The molecule has 0 unspecified atom stereocenters. The second kappa shape index (κ2) is 4.94. The maximum Gasteiger partial charge on any atom is 0.340 e. The third kappa shape index (κ3) is 2.58. The van der Waals surface area contributed by atoms with Crippen LogP contribution in [0.3, 0.4) is 0 Å². The number of halogens is 1. The maximum absolute atomic E-state index is 13.2. The van der Waals surface area contributed by atoms with Crippen LogP contribution in [-0.4, -0.2) is 17.0 Å². The number of carboxylic acid groups (broad SMARTS) is 1. The molecule has 1 aromatic carbocycles. The van der Waals surface area contributed by atoms with Crippen molar-refractivity contribution in [1.29, 1.82) is 0 Å². The molecule has 0 aliphatic rings. The Morgan fingerprint density at radius 3 is 2.69 bits per heavy atom. The first kappa shape index (κ1) is 11.7. The van der Waals surface area contributed by atoms with Crippen LogP contribution in [0.15, 0.2) is 18.2 Å². The van der Waals surface area contributed by atoms with Crippen molar-refractivity contribution in [1.82, 2.24) is 0 Å². The first-order valence-electron chi connectivity index (χ1n) is 4.31. The number of hydrogen-bond acceptors (Lipinski definition) is 2. The fourth-order valence-electron chi connectivity index (χ4n) is 1.11. The van der Waals surface area contributed by atoms with E-state index in [0.717, 1.165) is 6.07 Å². The van der Waals surface area contributed by atoms with E-state index in [1.165, 1.54) is 19.1 Å². The summed E-state index contributed by atoms with van der Waals surface area (Å²) in [6.45, 7) is 1.46. The molecule has 0 fully saturated rings. The number of anilines is 1. The molecule has 0 aromatic heterocycles. The summed E-state index contributed by atoms with van der Waals surface area (Å²) in [5.74, 6) is 1.47. The van der Waals surface area contributed by atoms with Crippen LogP contribution < -0.4 is 5.32 Å². The smallest absolute Gasteiger partial charge is 0.340 e. The molecule has 1 aromatic rings. The quantitative estimate of drug-likeness (QED) is 0.743. The zero-order chi connectivity index (χ0) is 12.1. The first-order valence-corrected chi connectivity index (χ1v) is 4.31. The number of carboxylic acids is 1. The van der Waals surface area contributed by atoms with E-state index in [2.05, 4.69) is 17.2 Å². The summed E-state index contributed by atoms with van der Waals surface area (Å²) in [6, 6.07) is 3.60. The molecular weight excluding hydrogens is 213 g/mol. The third-order valence-corrected chi connectivity index (χ3v) is 1.71. The fourth-order valence-corrected chi connectivity index (χ4v) is 1.11. The minimum atomic E-state index is -1.45. The second-order valence-corrected chi connectivity index (χ2v) is 2.80. The largest absolute Gasteiger partial charge is 0.478 e. The van der Waals surface area contributed by atoms with Gasteiger partial charge in [0.15, 0.2) is 0 Å². The molecule has 4 nitrogen and oxygen atoms in total. The molecular formula is C11H8FNO3. The van der Waals surface area contributed by atoms with E-state index in [1.807, 2.05) is 0 Å². The van der Waals surface area contributed by atoms with E-state index in [1.54, 1.807) is 0 Å². The minimum Gasteiger partial charge on any atom is -0.478 e. The van der Waals surface area contributed by atoms with Crippen LogP contribution in [-0.2, 0) is 4.79 Å². The Labute approximate surface area is 91.1 Å². The van der Waals surface area contributed by atoms with Crippen molar-refractivity contribution in [3.8, 4) is 11.8 Å². The molecule has 2 N–H and O–H groups in total. The van der Waals surface area contributed by atoms with Gasteiger partial charge in [-0.1, -0.05) is 12.0 Å². The van der Waals surface area contributed by atoms with Crippen molar-refractivity contribution in [3.05, 3.63) is 29.6 Å². The maximum atomic E-state index is 13.2. The molecule has 0 heterocycles. The zero-order valence-corrected chi connectivity index (χ0v) is 8.37. The molecule has 16 heavy (non-hydrogen) atoms. The number of aromatic carboxylic acids is 1. The molecule has 0 saturated heterocycles. The molecule has 1 rings (SSSR count). The number of rotatable bonds is 2.